The Balaban J connectivity index is 1.43. The van der Waals surface area contributed by atoms with Crippen molar-refractivity contribution in [3.63, 3.8) is 0 Å². The lowest BCUT2D eigenvalue weighted by Crippen LogP contribution is -2.36. The third-order valence-corrected chi connectivity index (χ3v) is 7.06. The molecule has 0 spiro atoms. The number of pyridine rings is 1. The molecule has 0 bridgehead atoms. The molecule has 0 radical (unpaired) electrons. The fraction of sp³-hybridized carbons (Fsp3) is 0.333. The van der Waals surface area contributed by atoms with Crippen LogP contribution in [0.4, 0.5) is 5.00 Å². The van der Waals surface area contributed by atoms with Gasteiger partial charge in [0, 0.05) is 48.6 Å². The molecule has 0 unspecified atom stereocenters. The van der Waals surface area contributed by atoms with Crippen LogP contribution in [0.15, 0.2) is 53.7 Å². The highest BCUT2D eigenvalue weighted by atomic mass is 32.1. The van der Waals surface area contributed by atoms with Gasteiger partial charge in [-0.05, 0) is 49.1 Å². The Kier molecular flexibility index (Phi) is 8.26. The van der Waals surface area contributed by atoms with E-state index in [9.17, 15) is 9.59 Å². The summed E-state index contributed by atoms with van der Waals surface area (Å²) in [7, 11) is 1.73. The van der Waals surface area contributed by atoms with Crippen molar-refractivity contribution in [3.05, 3.63) is 75.9 Å². The minimum Gasteiger partial charge on any atom is -0.494 e. The third kappa shape index (κ3) is 6.14. The monoisotopic (exact) mass is 490 g/mol. The second-order valence-corrected chi connectivity index (χ2v) is 9.39. The van der Waals surface area contributed by atoms with Gasteiger partial charge in [0.15, 0.2) is 0 Å². The van der Waals surface area contributed by atoms with Crippen molar-refractivity contribution in [3.8, 4) is 5.75 Å². The molecule has 1 N–H and O–H groups in total. The Morgan fingerprint density at radius 1 is 1.23 bits per heavy atom. The van der Waals surface area contributed by atoms with Crippen LogP contribution in [0.1, 0.15) is 40.6 Å². The van der Waals surface area contributed by atoms with E-state index in [4.69, 9.17) is 4.74 Å². The second-order valence-electron chi connectivity index (χ2n) is 8.29. The maximum atomic E-state index is 12.9. The first-order valence-electron chi connectivity index (χ1n) is 11.8. The number of aryl methyl sites for hydroxylation is 1. The molecule has 0 atom stereocenters. The van der Waals surface area contributed by atoms with Crippen LogP contribution in [0.5, 0.6) is 5.75 Å². The van der Waals surface area contributed by atoms with E-state index in [1.165, 1.54) is 16.9 Å². The molecule has 0 fully saturated rings. The van der Waals surface area contributed by atoms with Gasteiger partial charge in [-0.3, -0.25) is 19.6 Å². The van der Waals surface area contributed by atoms with Crippen LogP contribution in [0, 0.1) is 0 Å². The Hall–Kier alpha value is -3.52. The van der Waals surface area contributed by atoms with Crippen molar-refractivity contribution < 1.29 is 14.3 Å². The normalized spacial score (nSPS) is 13.0. The predicted octanol–water partition coefficient (Wildman–Crippen LogP) is 4.29. The molecule has 1 aromatic carbocycles. The lowest BCUT2D eigenvalue weighted by Gasteiger charge is -2.27. The number of anilines is 1. The van der Waals surface area contributed by atoms with Crippen molar-refractivity contribution in [1.29, 1.82) is 0 Å². The number of para-hydroxylation sites is 1. The topological polar surface area (TPSA) is 83.9 Å². The van der Waals surface area contributed by atoms with Crippen LogP contribution >= 0.6 is 11.3 Å². The van der Waals surface area contributed by atoms with Crippen LogP contribution < -0.4 is 10.1 Å². The highest BCUT2D eigenvalue weighted by Gasteiger charge is 2.27. The molecule has 0 saturated heterocycles. The third-order valence-electron chi connectivity index (χ3n) is 5.91. The second kappa shape index (κ2) is 11.8. The number of amides is 2. The van der Waals surface area contributed by atoms with Gasteiger partial charge in [0.05, 0.1) is 19.6 Å². The molecule has 4 rings (SSSR count). The van der Waals surface area contributed by atoms with E-state index in [-0.39, 0.29) is 18.2 Å². The van der Waals surface area contributed by atoms with E-state index in [0.29, 0.717) is 32.5 Å². The predicted molar refractivity (Wildman–Crippen MR) is 139 cm³/mol. The molecule has 7 nitrogen and oxygen atoms in total. The van der Waals surface area contributed by atoms with Gasteiger partial charge in [0.25, 0.3) is 0 Å². The number of hydrogen-bond acceptors (Lipinski definition) is 6. The minimum atomic E-state index is -0.0521. The van der Waals surface area contributed by atoms with Gasteiger partial charge in [-0.1, -0.05) is 24.3 Å². The molecular formula is C27H30N4O3S. The first-order chi connectivity index (χ1) is 17.1. The molecule has 182 valence electrons. The number of aromatic nitrogens is 1. The minimum absolute atomic E-state index is 0.0521. The molecule has 3 heterocycles. The molecule has 35 heavy (non-hydrogen) atoms. The Bertz CT molecular complexity index is 1210. The van der Waals surface area contributed by atoms with Crippen molar-refractivity contribution in [1.82, 2.24) is 9.88 Å². The van der Waals surface area contributed by atoms with Gasteiger partial charge in [0.2, 0.25) is 11.8 Å². The number of nitrogens with one attached hydrogen (secondary N) is 1. The highest BCUT2D eigenvalue weighted by Crippen LogP contribution is 2.36. The summed E-state index contributed by atoms with van der Waals surface area (Å²) in [5.41, 5.74) is 3.91. The number of nitrogens with zero attached hydrogens (tertiary/aromatic N) is 3. The van der Waals surface area contributed by atoms with Gasteiger partial charge < -0.3 is 15.0 Å². The van der Waals surface area contributed by atoms with Gasteiger partial charge in [-0.2, -0.15) is 0 Å². The molecule has 0 aliphatic carbocycles. The van der Waals surface area contributed by atoms with Crippen molar-refractivity contribution in [2.45, 2.75) is 39.2 Å². The number of carbonyl (C=O) groups is 2. The average molecular weight is 491 g/mol. The zero-order valence-corrected chi connectivity index (χ0v) is 20.9. The van der Waals surface area contributed by atoms with Gasteiger partial charge in [0.1, 0.15) is 10.8 Å². The van der Waals surface area contributed by atoms with Crippen LogP contribution in [0.3, 0.4) is 0 Å². The first-order valence-corrected chi connectivity index (χ1v) is 12.7. The zero-order chi connectivity index (χ0) is 24.6. The summed E-state index contributed by atoms with van der Waals surface area (Å²) < 4.78 is 5.68. The summed E-state index contributed by atoms with van der Waals surface area (Å²) in [5, 5.41) is 3.89. The number of thiophene rings is 1. The lowest BCUT2D eigenvalue weighted by molar-refractivity contribution is -0.131. The van der Waals surface area contributed by atoms with Crippen LogP contribution in [0.25, 0.3) is 0 Å². The van der Waals surface area contributed by atoms with E-state index >= 15 is 0 Å². The molecule has 1 aliphatic rings. The van der Waals surface area contributed by atoms with Crippen LogP contribution in [-0.4, -0.2) is 48.1 Å². The summed E-state index contributed by atoms with van der Waals surface area (Å²) in [6.45, 7) is 3.71. The molecule has 3 aromatic rings. The number of aliphatic imine (C=N–C) groups is 1. The smallest absolute Gasteiger partial charge is 0.228 e. The van der Waals surface area contributed by atoms with Crippen molar-refractivity contribution in [2.75, 3.05) is 25.5 Å². The molecule has 8 heteroatoms. The average Bonchev–Trinajstić information content (AvgIpc) is 3.20. The molecule has 2 amide bonds. The van der Waals surface area contributed by atoms with Gasteiger partial charge >= 0.3 is 0 Å². The van der Waals surface area contributed by atoms with Crippen LogP contribution in [0.2, 0.25) is 0 Å². The largest absolute Gasteiger partial charge is 0.494 e. The lowest BCUT2D eigenvalue weighted by atomic mass is 10.0. The number of carbonyl (C=O) groups excluding carboxylic acids is 2. The molecule has 1 aliphatic heterocycles. The number of fused-ring (bicyclic) bond motifs is 1. The molecule has 2 aromatic heterocycles. The molecule has 0 saturated carbocycles. The number of rotatable bonds is 9. The standard InChI is InChI=1S/C27H30N4O3S/c1-3-34-23-10-5-4-8-19(23)11-12-25(32)30-27-22(17-28-2)21-13-15-31(18-24(21)35-27)26(33)16-20-9-6-7-14-29-20/h4-10,14,17H,3,11-13,15-16,18H2,1-2H3,(H,30,32). The van der Waals surface area contributed by atoms with Crippen LogP contribution in [-0.2, 0) is 35.4 Å². The summed E-state index contributed by atoms with van der Waals surface area (Å²) >= 11 is 1.53. The summed E-state index contributed by atoms with van der Waals surface area (Å²) in [4.78, 5) is 37.1. The van der Waals surface area contributed by atoms with Gasteiger partial charge in [-0.15, -0.1) is 11.3 Å². The van der Waals surface area contributed by atoms with E-state index in [0.717, 1.165) is 38.9 Å². The highest BCUT2D eigenvalue weighted by molar-refractivity contribution is 7.16. The number of benzene rings is 1. The van der Waals surface area contributed by atoms with E-state index in [1.807, 2.05) is 54.3 Å². The summed E-state index contributed by atoms with van der Waals surface area (Å²) in [5.74, 6) is 0.833. The Morgan fingerprint density at radius 3 is 2.83 bits per heavy atom. The summed E-state index contributed by atoms with van der Waals surface area (Å²) in [6.07, 6.45) is 5.48. The fourth-order valence-electron chi connectivity index (χ4n) is 4.21. The maximum Gasteiger partial charge on any atom is 0.228 e. The van der Waals surface area contributed by atoms with E-state index in [2.05, 4.69) is 15.3 Å². The fourth-order valence-corrected chi connectivity index (χ4v) is 5.47. The first kappa shape index (κ1) is 24.6. The van der Waals surface area contributed by atoms with E-state index < -0.39 is 0 Å². The van der Waals surface area contributed by atoms with Crippen molar-refractivity contribution >= 4 is 34.4 Å². The zero-order valence-electron chi connectivity index (χ0n) is 20.1. The number of ether oxygens (including phenoxy) is 1. The van der Waals surface area contributed by atoms with Crippen molar-refractivity contribution in [2.24, 2.45) is 4.99 Å². The number of hydrogen-bond donors (Lipinski definition) is 1. The van der Waals surface area contributed by atoms with E-state index in [1.54, 1.807) is 19.5 Å². The quantitative estimate of drug-likeness (QED) is 0.454. The Morgan fingerprint density at radius 2 is 2.06 bits per heavy atom. The Labute approximate surface area is 209 Å². The SMILES string of the molecule is CCOc1ccccc1CCC(=O)Nc1sc2c(c1C=NC)CCN(C(=O)Cc1ccccn1)C2. The van der Waals surface area contributed by atoms with Gasteiger partial charge in [-0.25, -0.2) is 0 Å². The molecular weight excluding hydrogens is 460 g/mol. The summed E-state index contributed by atoms with van der Waals surface area (Å²) in [6, 6.07) is 13.4. The maximum absolute atomic E-state index is 12.9.